The third-order valence-electron chi connectivity index (χ3n) is 1.93. The molecule has 3 heteroatoms. The summed E-state index contributed by atoms with van der Waals surface area (Å²) in [6.07, 6.45) is 1.13. The third-order valence-corrected chi connectivity index (χ3v) is 1.93. The molecule has 0 heterocycles. The lowest BCUT2D eigenvalue weighted by Crippen LogP contribution is -2.34. The molecule has 1 unspecified atom stereocenters. The maximum absolute atomic E-state index is 5.51. The average molecular weight is 189 g/mol. The van der Waals surface area contributed by atoms with E-state index in [9.17, 15) is 0 Å². The molecule has 0 saturated carbocycles. The second-order valence-corrected chi connectivity index (χ2v) is 3.70. The van der Waals surface area contributed by atoms with E-state index in [1.54, 1.807) is 7.11 Å². The Bertz CT molecular complexity index is 107. The molecule has 0 aromatic carbocycles. The fourth-order valence-corrected chi connectivity index (χ4v) is 0.961. The lowest BCUT2D eigenvalue weighted by atomic mass is 10.1. The molecule has 0 aliphatic heterocycles. The van der Waals surface area contributed by atoms with Gasteiger partial charge in [0.15, 0.2) is 0 Å². The highest BCUT2D eigenvalue weighted by Gasteiger charge is 2.04. The minimum atomic E-state index is 0.317. The van der Waals surface area contributed by atoms with E-state index in [-0.39, 0.29) is 0 Å². The first-order valence-corrected chi connectivity index (χ1v) is 4.94. The molecule has 3 nitrogen and oxygen atoms in total. The van der Waals surface area contributed by atoms with Crippen molar-refractivity contribution in [2.24, 2.45) is 5.92 Å². The van der Waals surface area contributed by atoms with Gasteiger partial charge >= 0.3 is 0 Å². The highest BCUT2D eigenvalue weighted by Crippen LogP contribution is 1.99. The first kappa shape index (κ1) is 12.9. The molecule has 13 heavy (non-hydrogen) atoms. The monoisotopic (exact) mass is 189 g/mol. The average Bonchev–Trinajstić information content (AvgIpc) is 2.10. The van der Waals surface area contributed by atoms with Crippen LogP contribution in [0.15, 0.2) is 0 Å². The van der Waals surface area contributed by atoms with Gasteiger partial charge in [-0.2, -0.15) is 0 Å². The van der Waals surface area contributed by atoms with Crippen molar-refractivity contribution in [3.8, 4) is 0 Å². The molecule has 0 rings (SSSR count). The summed E-state index contributed by atoms with van der Waals surface area (Å²) in [5.74, 6) is 0.718. The number of likely N-dealkylation sites (N-methyl/N-ethyl adjacent to an activating group) is 1. The highest BCUT2D eigenvalue weighted by atomic mass is 16.5. The van der Waals surface area contributed by atoms with Crippen molar-refractivity contribution in [3.05, 3.63) is 0 Å². The quantitative estimate of drug-likeness (QED) is 0.584. The molecule has 80 valence electrons. The number of rotatable bonds is 8. The Kier molecular flexibility index (Phi) is 8.40. The predicted molar refractivity (Wildman–Crippen MR) is 55.0 cm³/mol. The summed E-state index contributed by atoms with van der Waals surface area (Å²) >= 11 is 0. The number of hydrogen-bond acceptors (Lipinski definition) is 3. The Morgan fingerprint density at radius 2 is 1.92 bits per heavy atom. The topological polar surface area (TPSA) is 30.5 Å². The first-order chi connectivity index (χ1) is 6.20. The fourth-order valence-electron chi connectivity index (χ4n) is 0.961. The molecule has 0 radical (unpaired) electrons. The Morgan fingerprint density at radius 1 is 1.23 bits per heavy atom. The summed E-state index contributed by atoms with van der Waals surface area (Å²) in [5, 5.41) is 3.14. The van der Waals surface area contributed by atoms with Crippen molar-refractivity contribution in [3.63, 3.8) is 0 Å². The molecule has 1 N–H and O–H groups in total. The first-order valence-electron chi connectivity index (χ1n) is 4.94. The molecule has 0 spiro atoms. The Hall–Kier alpha value is -0.120. The van der Waals surface area contributed by atoms with E-state index in [4.69, 9.17) is 9.47 Å². The molecule has 0 saturated heterocycles. The summed E-state index contributed by atoms with van der Waals surface area (Å²) in [4.78, 5) is 0. The largest absolute Gasteiger partial charge is 0.383 e. The van der Waals surface area contributed by atoms with Crippen molar-refractivity contribution >= 4 is 0 Å². The Labute approximate surface area is 81.8 Å². The van der Waals surface area contributed by atoms with Crippen LogP contribution in [0.25, 0.3) is 0 Å². The van der Waals surface area contributed by atoms with Crippen LogP contribution in [-0.2, 0) is 9.47 Å². The summed E-state index contributed by atoms with van der Waals surface area (Å²) in [6.45, 7) is 6.69. The van der Waals surface area contributed by atoms with Gasteiger partial charge in [0.05, 0.1) is 19.3 Å². The van der Waals surface area contributed by atoms with Gasteiger partial charge in [-0.15, -0.1) is 0 Å². The van der Waals surface area contributed by atoms with Crippen LogP contribution in [0.4, 0.5) is 0 Å². The molecule has 0 aliphatic rings. The van der Waals surface area contributed by atoms with Gasteiger partial charge < -0.3 is 14.8 Å². The predicted octanol–water partition coefficient (Wildman–Crippen LogP) is 1.28. The number of ether oxygens (including phenoxy) is 2. The van der Waals surface area contributed by atoms with Crippen molar-refractivity contribution in [1.82, 2.24) is 5.32 Å². The van der Waals surface area contributed by atoms with Crippen LogP contribution in [0.3, 0.4) is 0 Å². The highest BCUT2D eigenvalue weighted by molar-refractivity contribution is 4.61. The smallest absolute Gasteiger partial charge is 0.0642 e. The van der Waals surface area contributed by atoms with E-state index in [0.29, 0.717) is 12.6 Å². The number of hydrogen-bond donors (Lipinski definition) is 1. The second-order valence-electron chi connectivity index (χ2n) is 3.70. The lowest BCUT2D eigenvalue weighted by molar-refractivity contribution is 0.0717. The maximum atomic E-state index is 5.51. The molecule has 0 amide bonds. The Morgan fingerprint density at radius 3 is 2.38 bits per heavy atom. The van der Waals surface area contributed by atoms with E-state index in [1.165, 1.54) is 0 Å². The van der Waals surface area contributed by atoms with Crippen LogP contribution in [0.5, 0.6) is 0 Å². The van der Waals surface area contributed by atoms with Crippen LogP contribution >= 0.6 is 0 Å². The molecule has 0 aromatic rings. The summed E-state index contributed by atoms with van der Waals surface area (Å²) < 4.78 is 10.5. The van der Waals surface area contributed by atoms with Gasteiger partial charge in [-0.05, 0) is 19.4 Å². The number of methoxy groups -OCH3 is 1. The van der Waals surface area contributed by atoms with Crippen LogP contribution < -0.4 is 5.32 Å². The minimum Gasteiger partial charge on any atom is -0.383 e. The molecular formula is C10H23NO2. The normalized spacial score (nSPS) is 13.6. The second kappa shape index (κ2) is 8.48. The van der Waals surface area contributed by atoms with Crippen molar-refractivity contribution < 1.29 is 9.47 Å². The zero-order valence-corrected chi connectivity index (χ0v) is 9.30. The minimum absolute atomic E-state index is 0.317. The number of nitrogens with one attached hydrogen (secondary N) is 1. The van der Waals surface area contributed by atoms with Crippen LogP contribution in [-0.4, -0.2) is 40.0 Å². The standard InChI is InChI=1S/C10H23NO2/c1-9(2)5-6-13-8-10(11-3)7-12-4/h9-11H,5-8H2,1-4H3. The van der Waals surface area contributed by atoms with E-state index in [0.717, 1.165) is 25.6 Å². The molecular weight excluding hydrogens is 166 g/mol. The van der Waals surface area contributed by atoms with Gasteiger partial charge in [0.25, 0.3) is 0 Å². The molecule has 1 atom stereocenters. The fraction of sp³-hybridized carbons (Fsp3) is 1.00. The van der Waals surface area contributed by atoms with E-state index in [2.05, 4.69) is 19.2 Å². The summed E-state index contributed by atoms with van der Waals surface area (Å²) in [7, 11) is 3.63. The molecule has 0 aliphatic carbocycles. The van der Waals surface area contributed by atoms with Gasteiger partial charge in [-0.3, -0.25) is 0 Å². The van der Waals surface area contributed by atoms with Gasteiger partial charge in [-0.1, -0.05) is 13.8 Å². The van der Waals surface area contributed by atoms with Crippen molar-refractivity contribution in [1.29, 1.82) is 0 Å². The third kappa shape index (κ3) is 8.22. The van der Waals surface area contributed by atoms with Crippen LogP contribution in [0, 0.1) is 5.92 Å². The molecule has 0 bridgehead atoms. The zero-order chi connectivity index (χ0) is 10.1. The maximum Gasteiger partial charge on any atom is 0.0642 e. The van der Waals surface area contributed by atoms with Gasteiger partial charge in [0.2, 0.25) is 0 Å². The van der Waals surface area contributed by atoms with Gasteiger partial charge in [0, 0.05) is 13.7 Å². The van der Waals surface area contributed by atoms with Crippen molar-refractivity contribution in [2.75, 3.05) is 34.0 Å². The molecule has 0 aromatic heterocycles. The molecule has 0 fully saturated rings. The van der Waals surface area contributed by atoms with Gasteiger partial charge in [-0.25, -0.2) is 0 Å². The van der Waals surface area contributed by atoms with E-state index in [1.807, 2.05) is 7.05 Å². The van der Waals surface area contributed by atoms with Crippen LogP contribution in [0.2, 0.25) is 0 Å². The van der Waals surface area contributed by atoms with Gasteiger partial charge in [0.1, 0.15) is 0 Å². The summed E-state index contributed by atoms with van der Waals surface area (Å²) in [5.41, 5.74) is 0. The SMILES string of the molecule is CNC(COC)COCCC(C)C. The summed E-state index contributed by atoms with van der Waals surface area (Å²) in [6, 6.07) is 0.317. The van der Waals surface area contributed by atoms with Crippen molar-refractivity contribution in [2.45, 2.75) is 26.3 Å². The van der Waals surface area contributed by atoms with Crippen LogP contribution in [0.1, 0.15) is 20.3 Å². The zero-order valence-electron chi connectivity index (χ0n) is 9.30. The van der Waals surface area contributed by atoms with E-state index < -0.39 is 0 Å². The Balaban J connectivity index is 3.27. The lowest BCUT2D eigenvalue weighted by Gasteiger charge is -2.15. The van der Waals surface area contributed by atoms with E-state index >= 15 is 0 Å².